The monoisotopic (exact) mass is 257 g/mol. The van der Waals surface area contributed by atoms with E-state index in [9.17, 15) is 0 Å². The number of likely N-dealkylation sites (N-methyl/N-ethyl adjacent to an activating group) is 1. The lowest BCUT2D eigenvalue weighted by Gasteiger charge is -2.24. The Balaban J connectivity index is 2.04. The van der Waals surface area contributed by atoms with Crippen LogP contribution in [0.25, 0.3) is 0 Å². The van der Waals surface area contributed by atoms with Crippen molar-refractivity contribution >= 4 is 0 Å². The average Bonchev–Trinajstić information content (AvgIpc) is 2.84. The van der Waals surface area contributed by atoms with Crippen molar-refractivity contribution in [2.45, 2.75) is 19.8 Å². The predicted molar refractivity (Wildman–Crippen MR) is 77.1 cm³/mol. The molecule has 108 valence electrons. The molecule has 1 aliphatic rings. The van der Waals surface area contributed by atoms with Crippen LogP contribution in [0.15, 0.2) is 0 Å². The summed E-state index contributed by atoms with van der Waals surface area (Å²) < 4.78 is 5.38. The van der Waals surface area contributed by atoms with Gasteiger partial charge < -0.3 is 19.9 Å². The van der Waals surface area contributed by atoms with Crippen LogP contribution < -0.4 is 5.32 Å². The summed E-state index contributed by atoms with van der Waals surface area (Å²) in [6.07, 6.45) is 2.47. The molecule has 1 atom stereocenters. The van der Waals surface area contributed by atoms with Gasteiger partial charge >= 0.3 is 0 Å². The maximum atomic E-state index is 5.38. The van der Waals surface area contributed by atoms with E-state index in [0.29, 0.717) is 0 Å². The second-order valence-electron chi connectivity index (χ2n) is 5.58. The zero-order chi connectivity index (χ0) is 13.2. The van der Waals surface area contributed by atoms with Crippen LogP contribution in [0.3, 0.4) is 0 Å². The summed E-state index contributed by atoms with van der Waals surface area (Å²) >= 11 is 0. The molecule has 1 heterocycles. The summed E-state index contributed by atoms with van der Waals surface area (Å²) in [6.45, 7) is 11.1. The van der Waals surface area contributed by atoms with E-state index in [4.69, 9.17) is 4.74 Å². The Labute approximate surface area is 113 Å². The summed E-state index contributed by atoms with van der Waals surface area (Å²) in [6, 6.07) is 0. The summed E-state index contributed by atoms with van der Waals surface area (Å²) in [4.78, 5) is 4.81. The minimum Gasteiger partial charge on any atom is -0.381 e. The van der Waals surface area contributed by atoms with Gasteiger partial charge in [-0.2, -0.15) is 0 Å². The Hall–Kier alpha value is -0.160. The molecule has 1 aliphatic heterocycles. The largest absolute Gasteiger partial charge is 0.381 e. The van der Waals surface area contributed by atoms with Gasteiger partial charge in [-0.05, 0) is 39.4 Å². The zero-order valence-corrected chi connectivity index (χ0v) is 12.5. The SMILES string of the molecule is CCCN(CCNCC1CCOC1)CCN(C)C. The molecule has 1 fully saturated rings. The molecule has 18 heavy (non-hydrogen) atoms. The highest BCUT2D eigenvalue weighted by atomic mass is 16.5. The van der Waals surface area contributed by atoms with Gasteiger partial charge in [-0.15, -0.1) is 0 Å². The number of hydrogen-bond donors (Lipinski definition) is 1. The third-order valence-electron chi connectivity index (χ3n) is 3.47. The van der Waals surface area contributed by atoms with Crippen LogP contribution in [0.2, 0.25) is 0 Å². The second-order valence-corrected chi connectivity index (χ2v) is 5.58. The molecular formula is C14H31N3O. The first kappa shape index (κ1) is 15.9. The molecule has 0 aromatic rings. The van der Waals surface area contributed by atoms with E-state index in [0.717, 1.165) is 45.3 Å². The molecule has 4 nitrogen and oxygen atoms in total. The third-order valence-corrected chi connectivity index (χ3v) is 3.47. The van der Waals surface area contributed by atoms with Crippen molar-refractivity contribution in [2.24, 2.45) is 5.92 Å². The van der Waals surface area contributed by atoms with E-state index in [1.54, 1.807) is 0 Å². The molecule has 0 aromatic carbocycles. The molecule has 0 amide bonds. The number of nitrogens with zero attached hydrogens (tertiary/aromatic N) is 2. The van der Waals surface area contributed by atoms with Gasteiger partial charge in [-0.1, -0.05) is 6.92 Å². The molecule has 0 aliphatic carbocycles. The van der Waals surface area contributed by atoms with E-state index in [-0.39, 0.29) is 0 Å². The van der Waals surface area contributed by atoms with Crippen molar-refractivity contribution in [3.05, 3.63) is 0 Å². The number of nitrogens with one attached hydrogen (secondary N) is 1. The lowest BCUT2D eigenvalue weighted by atomic mass is 10.1. The molecule has 0 aromatic heterocycles. The first-order chi connectivity index (χ1) is 8.72. The van der Waals surface area contributed by atoms with Crippen LogP contribution in [0.4, 0.5) is 0 Å². The number of rotatable bonds is 10. The fourth-order valence-corrected chi connectivity index (χ4v) is 2.28. The Morgan fingerprint density at radius 2 is 2.00 bits per heavy atom. The van der Waals surface area contributed by atoms with Crippen LogP contribution in [0, 0.1) is 5.92 Å². The second kappa shape index (κ2) is 9.73. The van der Waals surface area contributed by atoms with Crippen LogP contribution >= 0.6 is 0 Å². The molecule has 1 rings (SSSR count). The number of ether oxygens (including phenoxy) is 1. The molecule has 0 saturated carbocycles. The molecule has 1 saturated heterocycles. The van der Waals surface area contributed by atoms with Crippen molar-refractivity contribution < 1.29 is 4.74 Å². The van der Waals surface area contributed by atoms with E-state index in [2.05, 4.69) is 36.1 Å². The van der Waals surface area contributed by atoms with Crippen LogP contribution in [-0.2, 0) is 4.74 Å². The van der Waals surface area contributed by atoms with Crippen molar-refractivity contribution in [3.8, 4) is 0 Å². The Kier molecular flexibility index (Phi) is 8.59. The predicted octanol–water partition coefficient (Wildman–Crippen LogP) is 0.886. The summed E-state index contributed by atoms with van der Waals surface area (Å²) in [5, 5.41) is 3.57. The van der Waals surface area contributed by atoms with Crippen molar-refractivity contribution in [2.75, 3.05) is 66.6 Å². The van der Waals surface area contributed by atoms with Crippen molar-refractivity contribution in [1.82, 2.24) is 15.1 Å². The lowest BCUT2D eigenvalue weighted by Crippen LogP contribution is -2.38. The highest BCUT2D eigenvalue weighted by Crippen LogP contribution is 2.10. The van der Waals surface area contributed by atoms with Gasteiger partial charge in [0.05, 0.1) is 6.61 Å². The van der Waals surface area contributed by atoms with Crippen molar-refractivity contribution in [3.63, 3.8) is 0 Å². The molecule has 4 heteroatoms. The van der Waals surface area contributed by atoms with Gasteiger partial charge in [0.2, 0.25) is 0 Å². The summed E-state index contributed by atoms with van der Waals surface area (Å²) in [7, 11) is 4.28. The molecule has 0 spiro atoms. The smallest absolute Gasteiger partial charge is 0.0507 e. The van der Waals surface area contributed by atoms with Crippen LogP contribution in [-0.4, -0.2) is 76.4 Å². The summed E-state index contributed by atoms with van der Waals surface area (Å²) in [5.41, 5.74) is 0. The third kappa shape index (κ3) is 7.31. The maximum absolute atomic E-state index is 5.38. The topological polar surface area (TPSA) is 27.7 Å². The fraction of sp³-hybridized carbons (Fsp3) is 1.00. The molecule has 0 bridgehead atoms. The average molecular weight is 257 g/mol. The molecule has 0 radical (unpaired) electrons. The Morgan fingerprint density at radius 1 is 1.17 bits per heavy atom. The van der Waals surface area contributed by atoms with Crippen LogP contribution in [0.1, 0.15) is 19.8 Å². The summed E-state index contributed by atoms with van der Waals surface area (Å²) in [5.74, 6) is 0.742. The van der Waals surface area contributed by atoms with Gasteiger partial charge in [0.25, 0.3) is 0 Å². The highest BCUT2D eigenvalue weighted by Gasteiger charge is 2.14. The van der Waals surface area contributed by atoms with E-state index in [1.807, 2.05) is 0 Å². The molecular weight excluding hydrogens is 226 g/mol. The minimum absolute atomic E-state index is 0.742. The van der Waals surface area contributed by atoms with Gasteiger partial charge in [0.15, 0.2) is 0 Å². The van der Waals surface area contributed by atoms with Gasteiger partial charge in [-0.25, -0.2) is 0 Å². The van der Waals surface area contributed by atoms with E-state index in [1.165, 1.54) is 25.9 Å². The molecule has 1 N–H and O–H groups in total. The number of hydrogen-bond acceptors (Lipinski definition) is 4. The quantitative estimate of drug-likeness (QED) is 0.588. The van der Waals surface area contributed by atoms with Gasteiger partial charge in [0, 0.05) is 39.3 Å². The minimum atomic E-state index is 0.742. The standard InChI is InChI=1S/C14H31N3O/c1-4-7-17(10-9-16(2)3)8-6-15-12-14-5-11-18-13-14/h14-15H,4-13H2,1-3H3. The van der Waals surface area contributed by atoms with E-state index < -0.39 is 0 Å². The van der Waals surface area contributed by atoms with Gasteiger partial charge in [-0.3, -0.25) is 0 Å². The van der Waals surface area contributed by atoms with Crippen LogP contribution in [0.5, 0.6) is 0 Å². The Morgan fingerprint density at radius 3 is 2.61 bits per heavy atom. The van der Waals surface area contributed by atoms with E-state index >= 15 is 0 Å². The first-order valence-electron chi connectivity index (χ1n) is 7.38. The highest BCUT2D eigenvalue weighted by molar-refractivity contribution is 4.68. The molecule has 1 unspecified atom stereocenters. The van der Waals surface area contributed by atoms with Gasteiger partial charge in [0.1, 0.15) is 0 Å². The maximum Gasteiger partial charge on any atom is 0.0507 e. The zero-order valence-electron chi connectivity index (χ0n) is 12.5. The fourth-order valence-electron chi connectivity index (χ4n) is 2.28. The van der Waals surface area contributed by atoms with Crippen molar-refractivity contribution in [1.29, 1.82) is 0 Å². The first-order valence-corrected chi connectivity index (χ1v) is 7.38. The normalized spacial score (nSPS) is 20.2. The lowest BCUT2D eigenvalue weighted by molar-refractivity contribution is 0.184. The Bertz CT molecular complexity index is 193.